The van der Waals surface area contributed by atoms with E-state index in [-0.39, 0.29) is 11.7 Å². The number of carbonyl (C=O) groups excluding carboxylic acids is 1. The van der Waals surface area contributed by atoms with Gasteiger partial charge in [-0.3, -0.25) is 9.36 Å². The van der Waals surface area contributed by atoms with Crippen LogP contribution in [-0.4, -0.2) is 58.6 Å². The second-order valence-corrected chi connectivity index (χ2v) is 9.54. The number of hydrogen-bond acceptors (Lipinski definition) is 5. The van der Waals surface area contributed by atoms with E-state index in [1.165, 1.54) is 12.1 Å². The van der Waals surface area contributed by atoms with Crippen LogP contribution in [0, 0.1) is 5.82 Å². The fourth-order valence-electron chi connectivity index (χ4n) is 5.12. The zero-order chi connectivity index (χ0) is 27.5. The van der Waals surface area contributed by atoms with Crippen LogP contribution in [0.3, 0.4) is 0 Å². The van der Waals surface area contributed by atoms with Gasteiger partial charge in [-0.15, -0.1) is 0 Å². The molecular formula is C32H28FN5O2. The summed E-state index contributed by atoms with van der Waals surface area (Å²) in [4.78, 5) is 26.4. The number of hydrogen-bond donors (Lipinski definition) is 0. The molecule has 5 aromatic rings. The van der Waals surface area contributed by atoms with Crippen molar-refractivity contribution < 1.29 is 13.9 Å². The van der Waals surface area contributed by atoms with Crippen LogP contribution in [0.25, 0.3) is 33.9 Å². The first-order valence-electron chi connectivity index (χ1n) is 13.1. The normalized spacial score (nSPS) is 13.8. The van der Waals surface area contributed by atoms with Crippen molar-refractivity contribution in [3.05, 3.63) is 109 Å². The fourth-order valence-corrected chi connectivity index (χ4v) is 5.12. The Balaban J connectivity index is 1.31. The molecule has 0 spiro atoms. The lowest BCUT2D eigenvalue weighted by molar-refractivity contribution is -0.126. The number of rotatable bonds is 6. The summed E-state index contributed by atoms with van der Waals surface area (Å²) in [5.41, 5.74) is 4.55. The Morgan fingerprint density at radius 1 is 0.900 bits per heavy atom. The highest BCUT2D eigenvalue weighted by Gasteiger charge is 2.25. The smallest absolute Gasteiger partial charge is 0.246 e. The Morgan fingerprint density at radius 2 is 1.62 bits per heavy atom. The second-order valence-electron chi connectivity index (χ2n) is 9.54. The average Bonchev–Trinajstić information content (AvgIpc) is 3.41. The molecule has 7 nitrogen and oxygen atoms in total. The molecule has 0 N–H and O–H groups in total. The van der Waals surface area contributed by atoms with Gasteiger partial charge in [0, 0.05) is 44.0 Å². The molecule has 40 heavy (non-hydrogen) atoms. The Morgan fingerprint density at radius 3 is 2.38 bits per heavy atom. The predicted octanol–water partition coefficient (Wildman–Crippen LogP) is 5.60. The summed E-state index contributed by atoms with van der Waals surface area (Å²) in [6, 6.07) is 24.2. The lowest BCUT2D eigenvalue weighted by atomic mass is 10.1. The van der Waals surface area contributed by atoms with Gasteiger partial charge < -0.3 is 14.5 Å². The molecule has 3 heterocycles. The van der Waals surface area contributed by atoms with Gasteiger partial charge in [0.2, 0.25) is 5.91 Å². The average molecular weight is 534 g/mol. The molecule has 2 aromatic heterocycles. The van der Waals surface area contributed by atoms with Gasteiger partial charge in [0.1, 0.15) is 23.7 Å². The Labute approximate surface area is 231 Å². The largest absolute Gasteiger partial charge is 0.495 e. The van der Waals surface area contributed by atoms with Gasteiger partial charge in [-0.25, -0.2) is 14.4 Å². The van der Waals surface area contributed by atoms with Crippen molar-refractivity contribution in [3.63, 3.8) is 0 Å². The molecule has 200 valence electrons. The second kappa shape index (κ2) is 11.0. The maximum atomic E-state index is 13.2. The summed E-state index contributed by atoms with van der Waals surface area (Å²) in [7, 11) is 1.67. The standard InChI is InChI=1S/C32H28FN5O2/c1-40-28-10-6-5-9-27(28)38-21-26(24-7-3-2-4-8-24)30-31(34-22-35-32(30)38)37-19-17-36(18-20-37)29(39)16-13-23-11-14-25(33)15-12-23/h2-16,21-22H,17-20H2,1H3. The van der Waals surface area contributed by atoms with Crippen LogP contribution in [-0.2, 0) is 4.79 Å². The van der Waals surface area contributed by atoms with Gasteiger partial charge in [-0.05, 0) is 41.5 Å². The molecule has 1 amide bonds. The number of ether oxygens (including phenoxy) is 1. The number of piperazine rings is 1. The van der Waals surface area contributed by atoms with Crippen molar-refractivity contribution in [3.8, 4) is 22.6 Å². The summed E-state index contributed by atoms with van der Waals surface area (Å²) in [6.45, 7) is 2.39. The number of fused-ring (bicyclic) bond motifs is 1. The molecular weight excluding hydrogens is 505 g/mol. The molecule has 1 aliphatic heterocycles. The summed E-state index contributed by atoms with van der Waals surface area (Å²) < 4.78 is 20.9. The molecule has 0 bridgehead atoms. The van der Waals surface area contributed by atoms with Gasteiger partial charge in [0.05, 0.1) is 18.2 Å². The third-order valence-electron chi connectivity index (χ3n) is 7.17. The number of anilines is 1. The van der Waals surface area contributed by atoms with Crippen molar-refractivity contribution in [1.29, 1.82) is 0 Å². The van der Waals surface area contributed by atoms with E-state index in [4.69, 9.17) is 14.7 Å². The zero-order valence-corrected chi connectivity index (χ0v) is 22.1. The fraction of sp³-hybridized carbons (Fsp3) is 0.156. The van der Waals surface area contributed by atoms with Gasteiger partial charge in [0.25, 0.3) is 0 Å². The zero-order valence-electron chi connectivity index (χ0n) is 22.1. The molecule has 6 rings (SSSR count). The lowest BCUT2D eigenvalue weighted by Crippen LogP contribution is -2.48. The number of nitrogens with zero attached hydrogens (tertiary/aromatic N) is 5. The number of aromatic nitrogens is 3. The van der Waals surface area contributed by atoms with Gasteiger partial charge in [0.15, 0.2) is 5.65 Å². The molecule has 3 aromatic carbocycles. The first-order chi connectivity index (χ1) is 19.6. The third-order valence-corrected chi connectivity index (χ3v) is 7.17. The summed E-state index contributed by atoms with van der Waals surface area (Å²) in [5.74, 6) is 1.22. The molecule has 0 atom stereocenters. The van der Waals surface area contributed by atoms with Crippen molar-refractivity contribution in [1.82, 2.24) is 19.4 Å². The minimum absolute atomic E-state index is 0.0656. The van der Waals surface area contributed by atoms with Crippen LogP contribution in [0.4, 0.5) is 10.2 Å². The SMILES string of the molecule is COc1ccccc1-n1cc(-c2ccccc2)c2c(N3CCN(C(=O)C=Cc4ccc(F)cc4)CC3)ncnc21. The number of halogens is 1. The molecule has 0 radical (unpaired) electrons. The first-order valence-corrected chi connectivity index (χ1v) is 13.1. The monoisotopic (exact) mass is 533 g/mol. The minimum atomic E-state index is -0.299. The van der Waals surface area contributed by atoms with Crippen LogP contribution in [0.15, 0.2) is 97.5 Å². The van der Waals surface area contributed by atoms with Crippen molar-refractivity contribution in [2.45, 2.75) is 0 Å². The van der Waals surface area contributed by atoms with Crippen LogP contribution in [0.5, 0.6) is 5.75 Å². The van der Waals surface area contributed by atoms with E-state index in [1.807, 2.05) is 47.4 Å². The van der Waals surface area contributed by atoms with Gasteiger partial charge in [-0.2, -0.15) is 0 Å². The molecule has 8 heteroatoms. The summed E-state index contributed by atoms with van der Waals surface area (Å²) in [6.07, 6.45) is 6.96. The molecule has 0 aliphatic carbocycles. The van der Waals surface area contributed by atoms with Gasteiger partial charge in [-0.1, -0.05) is 54.6 Å². The van der Waals surface area contributed by atoms with E-state index in [1.54, 1.807) is 37.7 Å². The number of benzene rings is 3. The van der Waals surface area contributed by atoms with Crippen LogP contribution >= 0.6 is 0 Å². The maximum Gasteiger partial charge on any atom is 0.246 e. The lowest BCUT2D eigenvalue weighted by Gasteiger charge is -2.35. The van der Waals surface area contributed by atoms with E-state index >= 15 is 0 Å². The first kappa shape index (κ1) is 25.3. The molecule has 0 unspecified atom stereocenters. The Hall–Kier alpha value is -4.98. The Bertz CT molecular complexity index is 1670. The van der Waals surface area contributed by atoms with E-state index in [0.29, 0.717) is 26.2 Å². The van der Waals surface area contributed by atoms with Crippen molar-refractivity contribution in [2.24, 2.45) is 0 Å². The van der Waals surface area contributed by atoms with Gasteiger partial charge >= 0.3 is 0 Å². The molecule has 1 fully saturated rings. The van der Waals surface area contributed by atoms with E-state index in [9.17, 15) is 9.18 Å². The highest BCUT2D eigenvalue weighted by atomic mass is 19.1. The Kier molecular flexibility index (Phi) is 6.97. The van der Waals surface area contributed by atoms with Crippen molar-refractivity contribution in [2.75, 3.05) is 38.2 Å². The van der Waals surface area contributed by atoms with E-state index in [0.717, 1.165) is 45.0 Å². The van der Waals surface area contributed by atoms with E-state index < -0.39 is 0 Å². The predicted molar refractivity (Wildman–Crippen MR) is 155 cm³/mol. The quantitative estimate of drug-likeness (QED) is 0.266. The number of carbonyl (C=O) groups is 1. The molecule has 0 saturated carbocycles. The number of methoxy groups -OCH3 is 1. The molecule has 1 saturated heterocycles. The van der Waals surface area contributed by atoms with Crippen LogP contribution < -0.4 is 9.64 Å². The summed E-state index contributed by atoms with van der Waals surface area (Å²) >= 11 is 0. The number of para-hydroxylation sites is 2. The number of amides is 1. The highest BCUT2D eigenvalue weighted by molar-refractivity contribution is 6.02. The molecule has 1 aliphatic rings. The van der Waals surface area contributed by atoms with E-state index in [2.05, 4.69) is 27.8 Å². The minimum Gasteiger partial charge on any atom is -0.495 e. The highest BCUT2D eigenvalue weighted by Crippen LogP contribution is 2.38. The van der Waals surface area contributed by atoms with Crippen molar-refractivity contribution >= 4 is 28.8 Å². The summed E-state index contributed by atoms with van der Waals surface area (Å²) in [5, 5.41) is 0.954. The van der Waals surface area contributed by atoms with Crippen LogP contribution in [0.1, 0.15) is 5.56 Å². The third kappa shape index (κ3) is 4.91. The maximum absolute atomic E-state index is 13.2. The van der Waals surface area contributed by atoms with Crippen LogP contribution in [0.2, 0.25) is 0 Å². The topological polar surface area (TPSA) is 63.5 Å².